The van der Waals surface area contributed by atoms with Crippen molar-refractivity contribution in [3.05, 3.63) is 64.7 Å². The van der Waals surface area contributed by atoms with E-state index in [0.717, 1.165) is 23.3 Å². The Kier molecular flexibility index (Phi) is 11.1. The van der Waals surface area contributed by atoms with Crippen molar-refractivity contribution in [1.29, 1.82) is 0 Å². The van der Waals surface area contributed by atoms with Gasteiger partial charge in [0.1, 0.15) is 5.75 Å². The molecule has 7 heteroatoms. The van der Waals surface area contributed by atoms with E-state index in [4.69, 9.17) is 4.74 Å². The quantitative estimate of drug-likeness (QED) is 0.288. The summed E-state index contributed by atoms with van der Waals surface area (Å²) in [6.07, 6.45) is 0.975. The number of hydrogen-bond acceptors (Lipinski definition) is 3. The molecule has 0 heterocycles. The average Bonchev–Trinajstić information content (AvgIpc) is 2.73. The Labute approximate surface area is 190 Å². The van der Waals surface area contributed by atoms with Gasteiger partial charge < -0.3 is 20.7 Å². The lowest BCUT2D eigenvalue weighted by molar-refractivity contribution is 0.0963. The molecule has 0 unspecified atom stereocenters. The Morgan fingerprint density at radius 2 is 1.76 bits per heavy atom. The number of nitrogens with zero attached hydrogens (tertiary/aromatic N) is 1. The number of carbonyl (C=O) groups is 1. The molecule has 2 rings (SSSR count). The van der Waals surface area contributed by atoms with Gasteiger partial charge in [-0.2, -0.15) is 0 Å². The minimum absolute atomic E-state index is 0. The molecule has 0 fully saturated rings. The van der Waals surface area contributed by atoms with Gasteiger partial charge in [0.25, 0.3) is 5.91 Å². The molecular weight excluding hydrogens is 479 g/mol. The predicted molar refractivity (Wildman–Crippen MR) is 129 cm³/mol. The number of hydrogen-bond donors (Lipinski definition) is 3. The number of halogens is 1. The van der Waals surface area contributed by atoms with Crippen LogP contribution in [0.2, 0.25) is 0 Å². The summed E-state index contributed by atoms with van der Waals surface area (Å²) < 4.78 is 5.87. The van der Waals surface area contributed by atoms with Gasteiger partial charge in [0.2, 0.25) is 0 Å². The van der Waals surface area contributed by atoms with Gasteiger partial charge in [0.15, 0.2) is 5.96 Å². The zero-order valence-electron chi connectivity index (χ0n) is 17.5. The molecule has 158 valence electrons. The minimum atomic E-state index is -0.0869. The molecule has 0 spiro atoms. The van der Waals surface area contributed by atoms with E-state index in [1.165, 1.54) is 5.56 Å². The highest BCUT2D eigenvalue weighted by atomic mass is 127. The van der Waals surface area contributed by atoms with Crippen LogP contribution in [0, 0.1) is 6.92 Å². The van der Waals surface area contributed by atoms with Gasteiger partial charge in [0, 0.05) is 38.3 Å². The normalized spacial score (nSPS) is 10.7. The Morgan fingerprint density at radius 3 is 2.38 bits per heavy atom. The van der Waals surface area contributed by atoms with E-state index in [2.05, 4.69) is 53.0 Å². The molecule has 3 N–H and O–H groups in total. The molecule has 0 bridgehead atoms. The number of carbonyl (C=O) groups excluding carboxylic acids is 1. The van der Waals surface area contributed by atoms with E-state index >= 15 is 0 Å². The lowest BCUT2D eigenvalue weighted by atomic mass is 10.1. The molecule has 6 nitrogen and oxygen atoms in total. The summed E-state index contributed by atoms with van der Waals surface area (Å²) in [4.78, 5) is 15.9. The number of aliphatic imine (C=N–C) groups is 1. The van der Waals surface area contributed by atoms with Crippen LogP contribution in [0.5, 0.6) is 5.75 Å². The fourth-order valence-electron chi connectivity index (χ4n) is 2.66. The third kappa shape index (κ3) is 7.92. The summed E-state index contributed by atoms with van der Waals surface area (Å²) in [5, 5.41) is 9.24. The van der Waals surface area contributed by atoms with Crippen LogP contribution in [0.15, 0.2) is 47.5 Å². The molecule has 0 aromatic heterocycles. The summed E-state index contributed by atoms with van der Waals surface area (Å²) in [5.41, 5.74) is 3.99. The van der Waals surface area contributed by atoms with Gasteiger partial charge in [-0.05, 0) is 42.7 Å². The maximum absolute atomic E-state index is 11.6. The van der Waals surface area contributed by atoms with E-state index in [1.807, 2.05) is 24.3 Å². The van der Waals surface area contributed by atoms with Crippen molar-refractivity contribution in [1.82, 2.24) is 16.0 Å². The van der Waals surface area contributed by atoms with Crippen LogP contribution in [-0.2, 0) is 13.1 Å². The first kappa shape index (κ1) is 24.7. The maximum atomic E-state index is 11.6. The highest BCUT2D eigenvalue weighted by Gasteiger charge is 2.07. The van der Waals surface area contributed by atoms with Crippen LogP contribution in [0.25, 0.3) is 0 Å². The zero-order chi connectivity index (χ0) is 20.4. The molecule has 2 aromatic rings. The highest BCUT2D eigenvalue weighted by molar-refractivity contribution is 14.0. The van der Waals surface area contributed by atoms with E-state index in [1.54, 1.807) is 14.1 Å². The summed E-state index contributed by atoms with van der Waals surface area (Å²) in [5.74, 6) is 1.53. The zero-order valence-corrected chi connectivity index (χ0v) is 19.9. The molecule has 0 atom stereocenters. The molecule has 0 radical (unpaired) electrons. The standard InChI is InChI=1S/C22H30N4O2.HI/c1-5-12-28-20-13-16(2)6-9-19(20)15-26-22(24-4)25-14-17-7-10-18(11-8-17)21(27)23-3;/h6-11,13H,5,12,14-15H2,1-4H3,(H,23,27)(H2,24,25,26);1H. The number of amides is 1. The van der Waals surface area contributed by atoms with Crippen LogP contribution in [-0.4, -0.2) is 32.6 Å². The topological polar surface area (TPSA) is 74.8 Å². The number of benzene rings is 2. The van der Waals surface area contributed by atoms with Crippen molar-refractivity contribution >= 4 is 35.8 Å². The highest BCUT2D eigenvalue weighted by Crippen LogP contribution is 2.20. The third-order valence-corrected chi connectivity index (χ3v) is 4.26. The van der Waals surface area contributed by atoms with Crippen LogP contribution in [0.3, 0.4) is 0 Å². The molecule has 0 aliphatic rings. The van der Waals surface area contributed by atoms with Crippen molar-refractivity contribution in [2.24, 2.45) is 4.99 Å². The number of rotatable bonds is 8. The third-order valence-electron chi connectivity index (χ3n) is 4.26. The number of aryl methyl sites for hydroxylation is 1. The van der Waals surface area contributed by atoms with Crippen LogP contribution < -0.4 is 20.7 Å². The summed E-state index contributed by atoms with van der Waals surface area (Å²) >= 11 is 0. The molecule has 29 heavy (non-hydrogen) atoms. The Balaban J connectivity index is 0.00000420. The molecule has 2 aromatic carbocycles. The molecule has 0 saturated carbocycles. The van der Waals surface area contributed by atoms with Crippen LogP contribution >= 0.6 is 24.0 Å². The number of nitrogens with one attached hydrogen (secondary N) is 3. The van der Waals surface area contributed by atoms with E-state index in [0.29, 0.717) is 31.2 Å². The predicted octanol–water partition coefficient (Wildman–Crippen LogP) is 3.63. The van der Waals surface area contributed by atoms with Gasteiger partial charge in [-0.1, -0.05) is 31.2 Å². The maximum Gasteiger partial charge on any atom is 0.251 e. The van der Waals surface area contributed by atoms with Gasteiger partial charge in [-0.15, -0.1) is 24.0 Å². The summed E-state index contributed by atoms with van der Waals surface area (Å²) in [7, 11) is 3.37. The number of ether oxygens (including phenoxy) is 1. The molecular formula is C22H31IN4O2. The Hall–Kier alpha value is -2.29. The Bertz CT molecular complexity index is 807. The van der Waals surface area contributed by atoms with E-state index in [-0.39, 0.29) is 29.9 Å². The molecule has 0 aliphatic heterocycles. The van der Waals surface area contributed by atoms with Crippen LogP contribution in [0.1, 0.15) is 40.4 Å². The lowest BCUT2D eigenvalue weighted by Gasteiger charge is -2.15. The summed E-state index contributed by atoms with van der Waals surface area (Å²) in [6, 6.07) is 13.7. The van der Waals surface area contributed by atoms with Gasteiger partial charge in [-0.25, -0.2) is 0 Å². The second kappa shape index (κ2) is 13.0. The molecule has 1 amide bonds. The van der Waals surface area contributed by atoms with E-state index < -0.39 is 0 Å². The fraction of sp³-hybridized carbons (Fsp3) is 0.364. The fourth-order valence-corrected chi connectivity index (χ4v) is 2.66. The van der Waals surface area contributed by atoms with Crippen LogP contribution in [0.4, 0.5) is 0 Å². The monoisotopic (exact) mass is 510 g/mol. The van der Waals surface area contributed by atoms with Crippen molar-refractivity contribution in [3.8, 4) is 5.75 Å². The molecule has 0 aliphatic carbocycles. The first-order valence-corrected chi connectivity index (χ1v) is 9.55. The molecule has 0 saturated heterocycles. The van der Waals surface area contributed by atoms with Crippen molar-refractivity contribution in [3.63, 3.8) is 0 Å². The van der Waals surface area contributed by atoms with Gasteiger partial charge >= 0.3 is 0 Å². The largest absolute Gasteiger partial charge is 0.493 e. The second-order valence-electron chi connectivity index (χ2n) is 6.52. The Morgan fingerprint density at radius 1 is 1.07 bits per heavy atom. The average molecular weight is 510 g/mol. The first-order valence-electron chi connectivity index (χ1n) is 9.55. The SMILES string of the molecule is CCCOc1cc(C)ccc1CNC(=NC)NCc1ccc(C(=O)NC)cc1.I. The van der Waals surface area contributed by atoms with Crippen molar-refractivity contribution in [2.75, 3.05) is 20.7 Å². The van der Waals surface area contributed by atoms with Gasteiger partial charge in [-0.3, -0.25) is 9.79 Å². The van der Waals surface area contributed by atoms with Crippen molar-refractivity contribution in [2.45, 2.75) is 33.4 Å². The smallest absolute Gasteiger partial charge is 0.251 e. The minimum Gasteiger partial charge on any atom is -0.493 e. The van der Waals surface area contributed by atoms with Crippen molar-refractivity contribution < 1.29 is 9.53 Å². The number of guanidine groups is 1. The lowest BCUT2D eigenvalue weighted by Crippen LogP contribution is -2.36. The van der Waals surface area contributed by atoms with Gasteiger partial charge in [0.05, 0.1) is 6.61 Å². The second-order valence-corrected chi connectivity index (χ2v) is 6.52. The van der Waals surface area contributed by atoms with E-state index in [9.17, 15) is 4.79 Å². The first-order chi connectivity index (χ1) is 13.6. The summed E-state index contributed by atoms with van der Waals surface area (Å²) in [6.45, 7) is 6.09.